The predicted octanol–water partition coefficient (Wildman–Crippen LogP) is 0.805. The molecule has 0 radical (unpaired) electrons. The number of methoxy groups -OCH3 is 1. The monoisotopic (exact) mass is 241 g/mol. The van der Waals surface area contributed by atoms with Crippen LogP contribution in [-0.2, 0) is 14.4 Å². The van der Waals surface area contributed by atoms with E-state index in [1.807, 2.05) is 0 Å². The second-order valence-electron chi connectivity index (χ2n) is 2.59. The molecule has 0 saturated heterocycles. The summed E-state index contributed by atoms with van der Waals surface area (Å²) in [6.45, 7) is 3.65. The van der Waals surface area contributed by atoms with Crippen LogP contribution in [0.2, 0.25) is 0 Å². The quantitative estimate of drug-likeness (QED) is 0.271. The molecule has 2 N–H and O–H groups in total. The third kappa shape index (κ3) is 3.06. The van der Waals surface area contributed by atoms with Gasteiger partial charge in [-0.1, -0.05) is 17.8 Å². The Bertz CT molecular complexity index is 414. The van der Waals surface area contributed by atoms with Crippen molar-refractivity contribution in [2.24, 2.45) is 5.16 Å². The fraction of sp³-hybridized carbons (Fsp3) is 0.222. The van der Waals surface area contributed by atoms with Crippen molar-refractivity contribution in [2.75, 3.05) is 19.5 Å². The van der Waals surface area contributed by atoms with Crippen molar-refractivity contribution in [1.82, 2.24) is 4.98 Å². The number of esters is 1. The van der Waals surface area contributed by atoms with Gasteiger partial charge < -0.3 is 15.3 Å². The molecular weight excluding hydrogens is 230 g/mol. The van der Waals surface area contributed by atoms with E-state index in [2.05, 4.69) is 21.5 Å². The highest BCUT2D eigenvalue weighted by atomic mass is 32.1. The molecule has 0 spiro atoms. The minimum Gasteiger partial charge on any atom is -0.464 e. The maximum Gasteiger partial charge on any atom is 0.362 e. The molecule has 0 aliphatic rings. The largest absolute Gasteiger partial charge is 0.464 e. The highest BCUT2D eigenvalue weighted by Crippen LogP contribution is 2.12. The van der Waals surface area contributed by atoms with Crippen LogP contribution in [-0.4, -0.2) is 30.4 Å². The average molecular weight is 241 g/mol. The van der Waals surface area contributed by atoms with Gasteiger partial charge in [0.15, 0.2) is 5.13 Å². The summed E-state index contributed by atoms with van der Waals surface area (Å²) in [4.78, 5) is 20.1. The SMILES string of the molecule is C=CCO/N=C(\C(=O)OC)c1csc(N)n1. The van der Waals surface area contributed by atoms with Crippen molar-refractivity contribution >= 4 is 28.1 Å². The Hall–Kier alpha value is -1.89. The standard InChI is InChI=1S/C9H11N3O3S/c1-3-4-15-12-7(8(13)14-2)6-5-16-9(10)11-6/h3,5H,1,4H2,2H3,(H2,10,11)/b12-7-. The van der Waals surface area contributed by atoms with Gasteiger partial charge in [-0.3, -0.25) is 0 Å². The average Bonchev–Trinajstić information content (AvgIpc) is 2.70. The Morgan fingerprint density at radius 3 is 3.06 bits per heavy atom. The molecule has 0 unspecified atom stereocenters. The first kappa shape index (κ1) is 12.2. The van der Waals surface area contributed by atoms with E-state index in [0.717, 1.165) is 0 Å². The summed E-state index contributed by atoms with van der Waals surface area (Å²) in [5.41, 5.74) is 5.77. The summed E-state index contributed by atoms with van der Waals surface area (Å²) in [5, 5.41) is 5.57. The lowest BCUT2D eigenvalue weighted by Gasteiger charge is -2.00. The number of ether oxygens (including phenoxy) is 1. The molecule has 7 heteroatoms. The van der Waals surface area contributed by atoms with Gasteiger partial charge >= 0.3 is 5.97 Å². The first-order valence-electron chi connectivity index (χ1n) is 4.29. The molecule has 1 aromatic rings. The van der Waals surface area contributed by atoms with Crippen molar-refractivity contribution in [1.29, 1.82) is 0 Å². The van der Waals surface area contributed by atoms with Gasteiger partial charge in [0.25, 0.3) is 0 Å². The summed E-state index contributed by atoms with van der Waals surface area (Å²) >= 11 is 1.20. The first-order chi connectivity index (χ1) is 7.69. The Morgan fingerprint density at radius 1 is 1.81 bits per heavy atom. The van der Waals surface area contributed by atoms with Gasteiger partial charge in [-0.2, -0.15) is 0 Å². The number of carbonyl (C=O) groups is 1. The van der Waals surface area contributed by atoms with E-state index in [-0.39, 0.29) is 12.3 Å². The van der Waals surface area contributed by atoms with E-state index in [1.165, 1.54) is 24.5 Å². The molecule has 6 nitrogen and oxygen atoms in total. The van der Waals surface area contributed by atoms with Crippen LogP contribution in [0.4, 0.5) is 5.13 Å². The number of aromatic nitrogens is 1. The number of thiazole rings is 1. The summed E-state index contributed by atoms with van der Waals surface area (Å²) in [6.07, 6.45) is 1.51. The van der Waals surface area contributed by atoms with Gasteiger partial charge in [0.1, 0.15) is 12.3 Å². The van der Waals surface area contributed by atoms with E-state index in [1.54, 1.807) is 5.38 Å². The highest BCUT2D eigenvalue weighted by molar-refractivity contribution is 7.13. The van der Waals surface area contributed by atoms with E-state index >= 15 is 0 Å². The second kappa shape index (κ2) is 5.86. The molecule has 0 aliphatic carbocycles. The van der Waals surface area contributed by atoms with Crippen LogP contribution in [0.5, 0.6) is 0 Å². The van der Waals surface area contributed by atoms with Crippen LogP contribution < -0.4 is 5.73 Å². The molecule has 0 saturated carbocycles. The third-order valence-corrected chi connectivity index (χ3v) is 2.17. The third-order valence-electron chi connectivity index (χ3n) is 1.49. The predicted molar refractivity (Wildman–Crippen MR) is 61.2 cm³/mol. The Balaban J connectivity index is 2.91. The smallest absolute Gasteiger partial charge is 0.362 e. The van der Waals surface area contributed by atoms with Gasteiger partial charge in [-0.25, -0.2) is 9.78 Å². The zero-order valence-corrected chi connectivity index (χ0v) is 9.49. The lowest BCUT2D eigenvalue weighted by atomic mass is 10.3. The van der Waals surface area contributed by atoms with E-state index in [4.69, 9.17) is 10.6 Å². The molecule has 0 amide bonds. The minimum absolute atomic E-state index is 0.0164. The lowest BCUT2D eigenvalue weighted by molar-refractivity contribution is -0.132. The van der Waals surface area contributed by atoms with Crippen LogP contribution in [0, 0.1) is 0 Å². The van der Waals surface area contributed by atoms with Gasteiger partial charge in [0, 0.05) is 5.38 Å². The molecule has 1 heterocycles. The van der Waals surface area contributed by atoms with Gasteiger partial charge in [0.2, 0.25) is 5.71 Å². The first-order valence-corrected chi connectivity index (χ1v) is 5.17. The molecule has 1 rings (SSSR count). The van der Waals surface area contributed by atoms with Crippen molar-refractivity contribution in [2.45, 2.75) is 0 Å². The Kier molecular flexibility index (Phi) is 4.46. The van der Waals surface area contributed by atoms with Crippen LogP contribution in [0.25, 0.3) is 0 Å². The molecule has 0 aromatic carbocycles. The molecule has 0 atom stereocenters. The maximum atomic E-state index is 11.4. The highest BCUT2D eigenvalue weighted by Gasteiger charge is 2.18. The van der Waals surface area contributed by atoms with E-state index < -0.39 is 5.97 Å². The number of oxime groups is 1. The molecule has 0 fully saturated rings. The van der Waals surface area contributed by atoms with Crippen molar-refractivity contribution in [3.8, 4) is 0 Å². The second-order valence-corrected chi connectivity index (χ2v) is 3.48. The molecule has 1 aromatic heterocycles. The number of anilines is 1. The molecule has 0 aliphatic heterocycles. The fourth-order valence-electron chi connectivity index (χ4n) is 0.836. The Labute approximate surface area is 96.4 Å². The normalized spacial score (nSPS) is 10.9. The number of nitrogens with two attached hydrogens (primary N) is 1. The van der Waals surface area contributed by atoms with E-state index in [9.17, 15) is 4.79 Å². The Morgan fingerprint density at radius 2 is 2.56 bits per heavy atom. The van der Waals surface area contributed by atoms with Crippen LogP contribution >= 0.6 is 11.3 Å². The van der Waals surface area contributed by atoms with Crippen LogP contribution in [0.1, 0.15) is 5.69 Å². The van der Waals surface area contributed by atoms with Gasteiger partial charge in [-0.15, -0.1) is 11.3 Å². The van der Waals surface area contributed by atoms with Crippen molar-refractivity contribution in [3.63, 3.8) is 0 Å². The molecular formula is C9H11N3O3S. The summed E-state index contributed by atoms with van der Waals surface area (Å²) < 4.78 is 4.55. The van der Waals surface area contributed by atoms with Gasteiger partial charge in [0.05, 0.1) is 7.11 Å². The number of nitrogens with zero attached hydrogens (tertiary/aromatic N) is 2. The number of hydrogen-bond acceptors (Lipinski definition) is 7. The summed E-state index contributed by atoms with van der Waals surface area (Å²) in [6, 6.07) is 0. The zero-order valence-electron chi connectivity index (χ0n) is 8.67. The molecule has 16 heavy (non-hydrogen) atoms. The minimum atomic E-state index is -0.630. The molecule has 86 valence electrons. The maximum absolute atomic E-state index is 11.4. The number of carbonyl (C=O) groups excluding carboxylic acids is 1. The van der Waals surface area contributed by atoms with Crippen molar-refractivity contribution in [3.05, 3.63) is 23.7 Å². The fourth-order valence-corrected chi connectivity index (χ4v) is 1.38. The number of nitrogen functional groups attached to an aromatic ring is 1. The van der Waals surface area contributed by atoms with Crippen LogP contribution in [0.3, 0.4) is 0 Å². The zero-order chi connectivity index (χ0) is 12.0. The van der Waals surface area contributed by atoms with E-state index in [0.29, 0.717) is 10.8 Å². The number of rotatable bonds is 5. The number of hydrogen-bond donors (Lipinski definition) is 1. The summed E-state index contributed by atoms with van der Waals surface area (Å²) in [5.74, 6) is -0.630. The van der Waals surface area contributed by atoms with Crippen LogP contribution in [0.15, 0.2) is 23.2 Å². The summed E-state index contributed by atoms with van der Waals surface area (Å²) in [7, 11) is 1.25. The topological polar surface area (TPSA) is 86.8 Å². The molecule has 0 bridgehead atoms. The lowest BCUT2D eigenvalue weighted by Crippen LogP contribution is -2.18. The van der Waals surface area contributed by atoms with Crippen molar-refractivity contribution < 1.29 is 14.4 Å². The van der Waals surface area contributed by atoms with Gasteiger partial charge in [-0.05, 0) is 0 Å².